The molecule has 0 saturated heterocycles. The molecule has 4 heterocycles. The smallest absolute Gasteiger partial charge is 0.164 e. The molecule has 4 aromatic heterocycles. The van der Waals surface area contributed by atoms with Crippen molar-refractivity contribution in [2.24, 2.45) is 0 Å². The highest BCUT2D eigenvalue weighted by Crippen LogP contribution is 2.41. The number of benzene rings is 6. The van der Waals surface area contributed by atoms with Crippen LogP contribution in [0.2, 0.25) is 0 Å². The molecular weight excluding hydrogens is 592 g/mol. The molecule has 0 fully saturated rings. The van der Waals surface area contributed by atoms with Gasteiger partial charge in [0.2, 0.25) is 0 Å². The van der Waals surface area contributed by atoms with E-state index in [9.17, 15) is 0 Å². The van der Waals surface area contributed by atoms with Crippen LogP contribution in [0.15, 0.2) is 155 Å². The van der Waals surface area contributed by atoms with Gasteiger partial charge in [0.1, 0.15) is 16.7 Å². The van der Waals surface area contributed by atoms with E-state index in [1.807, 2.05) is 85.1 Å². The number of aromatic nitrogens is 4. The SMILES string of the molecule is c1ccc(-c2nc(-c3ccc(-c4cncc5oc6ccccc6c45)c4ccccc34)nc(-c3cccc4oc5ccccc5c34)n2)cc1. The van der Waals surface area contributed by atoms with E-state index in [1.165, 1.54) is 0 Å². The van der Waals surface area contributed by atoms with E-state index in [0.717, 1.165) is 82.5 Å². The van der Waals surface area contributed by atoms with Gasteiger partial charge in [-0.1, -0.05) is 109 Å². The van der Waals surface area contributed by atoms with E-state index in [4.69, 9.17) is 23.8 Å². The van der Waals surface area contributed by atoms with Crippen LogP contribution in [-0.4, -0.2) is 19.9 Å². The van der Waals surface area contributed by atoms with Gasteiger partial charge in [-0.15, -0.1) is 0 Å². The van der Waals surface area contributed by atoms with Gasteiger partial charge in [-0.2, -0.15) is 0 Å². The topological polar surface area (TPSA) is 77.8 Å². The lowest BCUT2D eigenvalue weighted by Gasteiger charge is -2.13. The molecule has 0 aliphatic heterocycles. The summed E-state index contributed by atoms with van der Waals surface area (Å²) in [6, 6.07) is 45.0. The molecule has 10 rings (SSSR count). The zero-order valence-corrected chi connectivity index (χ0v) is 25.5. The molecule has 6 nitrogen and oxygen atoms in total. The Morgan fingerprint density at radius 1 is 0.333 bits per heavy atom. The summed E-state index contributed by atoms with van der Waals surface area (Å²) in [5.74, 6) is 1.78. The molecule has 10 aromatic rings. The Hall–Kier alpha value is -6.66. The highest BCUT2D eigenvalue weighted by molar-refractivity contribution is 6.16. The summed E-state index contributed by atoms with van der Waals surface area (Å²) in [6.07, 6.45) is 3.72. The molecule has 0 aliphatic carbocycles. The Labute approximate surface area is 274 Å². The minimum absolute atomic E-state index is 0.586. The van der Waals surface area contributed by atoms with Crippen molar-refractivity contribution in [1.29, 1.82) is 0 Å². The number of nitrogens with zero attached hydrogens (tertiary/aromatic N) is 4. The van der Waals surface area contributed by atoms with E-state index in [-0.39, 0.29) is 0 Å². The highest BCUT2D eigenvalue weighted by Gasteiger charge is 2.20. The summed E-state index contributed by atoms with van der Waals surface area (Å²) < 4.78 is 12.4. The fraction of sp³-hybridized carbons (Fsp3) is 0. The summed E-state index contributed by atoms with van der Waals surface area (Å²) in [7, 11) is 0. The monoisotopic (exact) mass is 616 g/mol. The van der Waals surface area contributed by atoms with Gasteiger partial charge in [-0.05, 0) is 40.6 Å². The van der Waals surface area contributed by atoms with Gasteiger partial charge in [0.25, 0.3) is 0 Å². The molecule has 48 heavy (non-hydrogen) atoms. The van der Waals surface area contributed by atoms with Crippen LogP contribution in [-0.2, 0) is 0 Å². The minimum atomic E-state index is 0.586. The Morgan fingerprint density at radius 3 is 1.62 bits per heavy atom. The van der Waals surface area contributed by atoms with Crippen LogP contribution in [0.25, 0.3) is 99.9 Å². The van der Waals surface area contributed by atoms with Gasteiger partial charge >= 0.3 is 0 Å². The molecule has 0 saturated carbocycles. The van der Waals surface area contributed by atoms with Gasteiger partial charge in [-0.25, -0.2) is 15.0 Å². The van der Waals surface area contributed by atoms with Gasteiger partial charge in [0, 0.05) is 50.0 Å². The molecule has 224 valence electrons. The van der Waals surface area contributed by atoms with Crippen LogP contribution >= 0.6 is 0 Å². The number of furan rings is 2. The third-order valence-electron chi connectivity index (χ3n) is 9.05. The molecule has 0 amide bonds. The second-order valence-electron chi connectivity index (χ2n) is 11.8. The molecule has 0 unspecified atom stereocenters. The fourth-order valence-corrected chi connectivity index (χ4v) is 6.90. The van der Waals surface area contributed by atoms with Gasteiger partial charge in [-0.3, -0.25) is 4.98 Å². The predicted octanol–water partition coefficient (Wildman–Crippen LogP) is 10.9. The van der Waals surface area contributed by atoms with Crippen molar-refractivity contribution in [3.63, 3.8) is 0 Å². The number of fused-ring (bicyclic) bond motifs is 7. The summed E-state index contributed by atoms with van der Waals surface area (Å²) in [5.41, 5.74) is 8.02. The number of hydrogen-bond donors (Lipinski definition) is 0. The lowest BCUT2D eigenvalue weighted by molar-refractivity contribution is 0.667. The van der Waals surface area contributed by atoms with Crippen molar-refractivity contribution < 1.29 is 8.83 Å². The van der Waals surface area contributed by atoms with Crippen LogP contribution in [0.5, 0.6) is 0 Å². The Balaban J connectivity index is 1.23. The lowest BCUT2D eigenvalue weighted by Crippen LogP contribution is -2.01. The zero-order valence-electron chi connectivity index (χ0n) is 25.5. The van der Waals surface area contributed by atoms with Crippen LogP contribution < -0.4 is 0 Å². The van der Waals surface area contributed by atoms with Crippen molar-refractivity contribution >= 4 is 54.6 Å². The Morgan fingerprint density at radius 2 is 0.875 bits per heavy atom. The third kappa shape index (κ3) is 4.06. The summed E-state index contributed by atoms with van der Waals surface area (Å²) >= 11 is 0. The molecule has 0 bridgehead atoms. The molecule has 0 spiro atoms. The zero-order chi connectivity index (χ0) is 31.6. The van der Waals surface area contributed by atoms with Crippen LogP contribution in [0, 0.1) is 0 Å². The number of rotatable bonds is 4. The maximum absolute atomic E-state index is 6.23. The van der Waals surface area contributed by atoms with Crippen LogP contribution in [0.1, 0.15) is 0 Å². The van der Waals surface area contributed by atoms with Crippen LogP contribution in [0.3, 0.4) is 0 Å². The highest BCUT2D eigenvalue weighted by atomic mass is 16.3. The number of pyridine rings is 1. The van der Waals surface area contributed by atoms with Crippen molar-refractivity contribution in [3.8, 4) is 45.3 Å². The minimum Gasteiger partial charge on any atom is -0.456 e. The normalized spacial score (nSPS) is 11.8. The second kappa shape index (κ2) is 10.4. The summed E-state index contributed by atoms with van der Waals surface area (Å²) in [6.45, 7) is 0. The average molecular weight is 617 g/mol. The molecule has 6 heteroatoms. The first-order valence-corrected chi connectivity index (χ1v) is 15.8. The van der Waals surface area contributed by atoms with Crippen molar-refractivity contribution in [2.75, 3.05) is 0 Å². The number of hydrogen-bond acceptors (Lipinski definition) is 6. The third-order valence-corrected chi connectivity index (χ3v) is 9.05. The maximum Gasteiger partial charge on any atom is 0.164 e. The van der Waals surface area contributed by atoms with Gasteiger partial charge in [0.05, 0.1) is 6.20 Å². The van der Waals surface area contributed by atoms with Crippen molar-refractivity contribution in [1.82, 2.24) is 19.9 Å². The Kier molecular flexibility index (Phi) is 5.77. The van der Waals surface area contributed by atoms with Crippen LogP contribution in [0.4, 0.5) is 0 Å². The van der Waals surface area contributed by atoms with E-state index >= 15 is 0 Å². The second-order valence-corrected chi connectivity index (χ2v) is 11.8. The van der Waals surface area contributed by atoms with Crippen molar-refractivity contribution in [2.45, 2.75) is 0 Å². The first kappa shape index (κ1) is 26.5. The maximum atomic E-state index is 6.23. The molecule has 0 N–H and O–H groups in total. The average Bonchev–Trinajstić information content (AvgIpc) is 3.73. The molecule has 0 radical (unpaired) electrons. The van der Waals surface area contributed by atoms with E-state index in [1.54, 1.807) is 6.20 Å². The lowest BCUT2D eigenvalue weighted by atomic mass is 9.93. The summed E-state index contributed by atoms with van der Waals surface area (Å²) in [5, 5.41) is 6.22. The first-order valence-electron chi connectivity index (χ1n) is 15.8. The summed E-state index contributed by atoms with van der Waals surface area (Å²) in [4.78, 5) is 19.9. The quantitative estimate of drug-likeness (QED) is 0.196. The predicted molar refractivity (Wildman–Crippen MR) is 191 cm³/mol. The Bertz CT molecular complexity index is 2850. The van der Waals surface area contributed by atoms with E-state index in [2.05, 4.69) is 59.6 Å². The fourth-order valence-electron chi connectivity index (χ4n) is 6.90. The van der Waals surface area contributed by atoms with Gasteiger partial charge < -0.3 is 8.83 Å². The molecule has 0 atom stereocenters. The molecule has 6 aromatic carbocycles. The largest absolute Gasteiger partial charge is 0.456 e. The molecular formula is C42H24N4O2. The van der Waals surface area contributed by atoms with E-state index in [0.29, 0.717) is 17.5 Å². The first-order chi connectivity index (χ1) is 23.8. The standard InChI is InChI=1S/C42H24N4O2/c1-2-11-25(12-3-1)40-44-41(46-42(45-40)32-17-10-20-36-38(32)30-15-6-8-18-34(30)47-36)29-22-21-28(26-13-4-5-14-27(26)29)33-23-43-24-37-39(33)31-16-7-9-19-35(31)48-37/h1-24H. The van der Waals surface area contributed by atoms with Crippen molar-refractivity contribution in [3.05, 3.63) is 146 Å². The van der Waals surface area contributed by atoms with Gasteiger partial charge in [0.15, 0.2) is 23.1 Å². The number of para-hydroxylation sites is 2. The molecule has 0 aliphatic rings. The van der Waals surface area contributed by atoms with E-state index < -0.39 is 0 Å².